The van der Waals surface area contributed by atoms with E-state index in [0.717, 1.165) is 0 Å². The van der Waals surface area contributed by atoms with E-state index in [1.165, 1.54) is 30.3 Å². The van der Waals surface area contributed by atoms with Crippen LogP contribution in [0, 0.1) is 11.3 Å². The zero-order valence-corrected chi connectivity index (χ0v) is 10.3. The Labute approximate surface area is 105 Å². The van der Waals surface area contributed by atoms with Crippen LogP contribution in [0.15, 0.2) is 18.3 Å². The largest absolute Gasteiger partial charge is 0.355 e. The fourth-order valence-corrected chi connectivity index (χ4v) is 1.32. The van der Waals surface area contributed by atoms with E-state index in [0.29, 0.717) is 12.1 Å². The summed E-state index contributed by atoms with van der Waals surface area (Å²) in [6, 6.07) is 4.90. The molecule has 0 atom stereocenters. The highest BCUT2D eigenvalue weighted by molar-refractivity contribution is 5.94. The molecule has 0 saturated carbocycles. The van der Waals surface area contributed by atoms with Crippen molar-refractivity contribution in [1.82, 2.24) is 15.2 Å². The number of nitriles is 1. The number of nitrogens with one attached hydrogen (secondary N) is 1. The highest BCUT2D eigenvalue weighted by Gasteiger charge is 2.15. The molecule has 0 unspecified atom stereocenters. The number of carbonyl (C=O) groups is 2. The van der Waals surface area contributed by atoms with Gasteiger partial charge in [0, 0.05) is 19.8 Å². The summed E-state index contributed by atoms with van der Waals surface area (Å²) in [5.74, 6) is -0.576. The van der Waals surface area contributed by atoms with Crippen LogP contribution in [0.1, 0.15) is 23.0 Å². The Morgan fingerprint density at radius 2 is 2.22 bits per heavy atom. The van der Waals surface area contributed by atoms with Crippen LogP contribution < -0.4 is 5.32 Å². The van der Waals surface area contributed by atoms with Gasteiger partial charge in [0.15, 0.2) is 0 Å². The molecule has 1 N–H and O–H groups in total. The van der Waals surface area contributed by atoms with Gasteiger partial charge in [-0.2, -0.15) is 5.26 Å². The first kappa shape index (κ1) is 13.6. The summed E-state index contributed by atoms with van der Waals surface area (Å²) in [5.41, 5.74) is 0.596. The van der Waals surface area contributed by atoms with E-state index in [-0.39, 0.29) is 24.1 Å². The molecule has 0 bridgehead atoms. The second-order valence-electron chi connectivity index (χ2n) is 3.66. The molecule has 0 radical (unpaired) electrons. The highest BCUT2D eigenvalue weighted by atomic mass is 16.2. The van der Waals surface area contributed by atoms with Gasteiger partial charge in [-0.05, 0) is 19.1 Å². The van der Waals surface area contributed by atoms with Crippen molar-refractivity contribution in [2.45, 2.75) is 6.92 Å². The lowest BCUT2D eigenvalue weighted by Gasteiger charge is -2.15. The predicted octanol–water partition coefficient (Wildman–Crippen LogP) is 0.161. The molecule has 1 rings (SSSR count). The van der Waals surface area contributed by atoms with Crippen molar-refractivity contribution in [3.63, 3.8) is 0 Å². The smallest absolute Gasteiger partial charge is 0.272 e. The molecule has 2 amide bonds. The fourth-order valence-electron chi connectivity index (χ4n) is 1.32. The second-order valence-corrected chi connectivity index (χ2v) is 3.66. The maximum Gasteiger partial charge on any atom is 0.272 e. The van der Waals surface area contributed by atoms with E-state index >= 15 is 0 Å². The predicted molar refractivity (Wildman–Crippen MR) is 64.6 cm³/mol. The molecule has 18 heavy (non-hydrogen) atoms. The third-order valence-corrected chi connectivity index (χ3v) is 2.21. The summed E-state index contributed by atoms with van der Waals surface area (Å²) < 4.78 is 0. The molecule has 0 fully saturated rings. The van der Waals surface area contributed by atoms with Crippen molar-refractivity contribution in [1.29, 1.82) is 5.26 Å². The Bertz CT molecular complexity index is 476. The first-order valence-electron chi connectivity index (χ1n) is 5.46. The van der Waals surface area contributed by atoms with E-state index in [1.807, 2.05) is 13.0 Å². The summed E-state index contributed by atoms with van der Waals surface area (Å²) in [7, 11) is 1.53. The van der Waals surface area contributed by atoms with Gasteiger partial charge in [0.1, 0.15) is 11.8 Å². The van der Waals surface area contributed by atoms with Crippen LogP contribution in [0.3, 0.4) is 0 Å². The van der Waals surface area contributed by atoms with Gasteiger partial charge in [-0.25, -0.2) is 4.98 Å². The lowest BCUT2D eigenvalue weighted by atomic mass is 10.2. The molecule has 6 heteroatoms. The summed E-state index contributed by atoms with van der Waals surface area (Å²) in [6.45, 7) is 2.31. The molecule has 0 aliphatic carbocycles. The normalized spacial score (nSPS) is 9.39. The van der Waals surface area contributed by atoms with Crippen LogP contribution in [0.5, 0.6) is 0 Å². The number of nitrogens with zero attached hydrogens (tertiary/aromatic N) is 3. The van der Waals surface area contributed by atoms with Crippen LogP contribution in [-0.2, 0) is 4.79 Å². The van der Waals surface area contributed by atoms with Crippen LogP contribution in [0.25, 0.3) is 0 Å². The molecule has 0 aliphatic heterocycles. The maximum atomic E-state index is 11.9. The van der Waals surface area contributed by atoms with Crippen LogP contribution >= 0.6 is 0 Å². The molecule has 94 valence electrons. The minimum atomic E-state index is -0.356. The Kier molecular flexibility index (Phi) is 4.81. The van der Waals surface area contributed by atoms with Crippen molar-refractivity contribution < 1.29 is 9.59 Å². The topological polar surface area (TPSA) is 86.1 Å². The number of carbonyl (C=O) groups excluding carboxylic acids is 2. The van der Waals surface area contributed by atoms with Gasteiger partial charge in [0.25, 0.3) is 5.91 Å². The first-order chi connectivity index (χ1) is 8.58. The summed E-state index contributed by atoms with van der Waals surface area (Å²) in [5, 5.41) is 11.2. The zero-order chi connectivity index (χ0) is 13.5. The maximum absolute atomic E-state index is 11.9. The summed E-state index contributed by atoms with van der Waals surface area (Å²) >= 11 is 0. The van der Waals surface area contributed by atoms with Crippen LogP contribution in [0.2, 0.25) is 0 Å². The minimum Gasteiger partial charge on any atom is -0.355 e. The number of hydrogen-bond donors (Lipinski definition) is 1. The number of pyridine rings is 1. The quantitative estimate of drug-likeness (QED) is 0.820. The average molecular weight is 246 g/mol. The van der Waals surface area contributed by atoms with Crippen molar-refractivity contribution in [3.8, 4) is 6.07 Å². The zero-order valence-electron chi connectivity index (χ0n) is 10.3. The van der Waals surface area contributed by atoms with Crippen molar-refractivity contribution in [2.24, 2.45) is 0 Å². The van der Waals surface area contributed by atoms with Gasteiger partial charge in [0.05, 0.1) is 12.1 Å². The third-order valence-electron chi connectivity index (χ3n) is 2.21. The van der Waals surface area contributed by atoms with Crippen molar-refractivity contribution >= 4 is 11.8 Å². The van der Waals surface area contributed by atoms with Crippen molar-refractivity contribution in [2.75, 3.05) is 20.1 Å². The van der Waals surface area contributed by atoms with Crippen molar-refractivity contribution in [3.05, 3.63) is 29.6 Å². The summed E-state index contributed by atoms with van der Waals surface area (Å²) in [4.78, 5) is 28.4. The van der Waals surface area contributed by atoms with E-state index < -0.39 is 0 Å². The SMILES string of the molecule is CCNC(=O)CN(C)C(=O)c1ccc(C#N)cn1. The number of likely N-dealkylation sites (N-methyl/N-ethyl adjacent to an activating group) is 2. The van der Waals surface area contributed by atoms with Gasteiger partial charge in [-0.15, -0.1) is 0 Å². The lowest BCUT2D eigenvalue weighted by Crippen LogP contribution is -2.38. The molecule has 1 aromatic heterocycles. The molecular weight excluding hydrogens is 232 g/mol. The molecular formula is C12H14N4O2. The van der Waals surface area contributed by atoms with Gasteiger partial charge in [-0.1, -0.05) is 0 Å². The first-order valence-corrected chi connectivity index (χ1v) is 5.46. The molecule has 0 saturated heterocycles. The number of hydrogen-bond acceptors (Lipinski definition) is 4. The minimum absolute atomic E-state index is 0.0195. The molecule has 0 aromatic carbocycles. The lowest BCUT2D eigenvalue weighted by molar-refractivity contribution is -0.121. The van der Waals surface area contributed by atoms with E-state index in [2.05, 4.69) is 10.3 Å². The van der Waals surface area contributed by atoms with E-state index in [9.17, 15) is 9.59 Å². The van der Waals surface area contributed by atoms with Gasteiger partial charge < -0.3 is 10.2 Å². The number of amides is 2. The van der Waals surface area contributed by atoms with Gasteiger partial charge in [-0.3, -0.25) is 9.59 Å². The Morgan fingerprint density at radius 1 is 1.50 bits per heavy atom. The monoisotopic (exact) mass is 246 g/mol. The van der Waals surface area contributed by atoms with Crippen LogP contribution in [-0.4, -0.2) is 41.8 Å². The highest BCUT2D eigenvalue weighted by Crippen LogP contribution is 2.02. The molecule has 6 nitrogen and oxygen atoms in total. The Hall–Kier alpha value is -2.42. The molecule has 1 aromatic rings. The van der Waals surface area contributed by atoms with Gasteiger partial charge >= 0.3 is 0 Å². The molecule has 0 aliphatic rings. The van der Waals surface area contributed by atoms with E-state index in [1.54, 1.807) is 0 Å². The summed E-state index contributed by atoms with van der Waals surface area (Å²) in [6.07, 6.45) is 1.33. The van der Waals surface area contributed by atoms with Crippen LogP contribution in [0.4, 0.5) is 0 Å². The Morgan fingerprint density at radius 3 is 2.72 bits per heavy atom. The number of aromatic nitrogens is 1. The second kappa shape index (κ2) is 6.35. The average Bonchev–Trinajstić information content (AvgIpc) is 2.38. The number of rotatable bonds is 4. The standard InChI is InChI=1S/C12H14N4O2/c1-3-14-11(17)8-16(2)12(18)10-5-4-9(6-13)7-15-10/h4-5,7H,3,8H2,1-2H3,(H,14,17). The fraction of sp³-hybridized carbons (Fsp3) is 0.333. The van der Waals surface area contributed by atoms with E-state index in [4.69, 9.17) is 5.26 Å². The molecule has 1 heterocycles. The Balaban J connectivity index is 2.68. The van der Waals surface area contributed by atoms with Gasteiger partial charge in [0.2, 0.25) is 5.91 Å². The molecule has 0 spiro atoms. The third kappa shape index (κ3) is 3.56.